The largest absolute Gasteiger partial charge is 0.489 e. The zero-order chi connectivity index (χ0) is 19.6. The van der Waals surface area contributed by atoms with Crippen LogP contribution in [0, 0.1) is 5.92 Å². The molecule has 1 aliphatic carbocycles. The van der Waals surface area contributed by atoms with Gasteiger partial charge in [0.05, 0.1) is 0 Å². The van der Waals surface area contributed by atoms with E-state index in [1.54, 1.807) is 7.05 Å². The molecule has 2 aliphatic rings. The summed E-state index contributed by atoms with van der Waals surface area (Å²) in [5, 5.41) is 0. The monoisotopic (exact) mass is 377 g/mol. The Morgan fingerprint density at radius 1 is 1.11 bits per heavy atom. The van der Waals surface area contributed by atoms with Gasteiger partial charge in [-0.2, -0.15) is 0 Å². The minimum atomic E-state index is -0.925. The Balaban J connectivity index is 1.66. The molecule has 0 radical (unpaired) electrons. The highest BCUT2D eigenvalue weighted by Gasteiger charge is 2.53. The molecule has 28 heavy (non-hydrogen) atoms. The summed E-state index contributed by atoms with van der Waals surface area (Å²) in [7, 11) is 1.71. The van der Waals surface area contributed by atoms with Crippen LogP contribution in [0.2, 0.25) is 0 Å². The highest BCUT2D eigenvalue weighted by molar-refractivity contribution is 6.07. The highest BCUT2D eigenvalue weighted by atomic mass is 16.5. The number of hydrogen-bond donors (Lipinski definition) is 1. The molecule has 1 fully saturated rings. The molecule has 1 atom stereocenters. The Hall–Kier alpha value is -2.82. The van der Waals surface area contributed by atoms with Crippen LogP contribution in [0.3, 0.4) is 0 Å². The van der Waals surface area contributed by atoms with Gasteiger partial charge in [-0.05, 0) is 42.0 Å². The molecule has 1 unspecified atom stereocenters. The first-order valence-corrected chi connectivity index (χ1v) is 10.0. The van der Waals surface area contributed by atoms with Gasteiger partial charge in [0.25, 0.3) is 5.91 Å². The van der Waals surface area contributed by atoms with E-state index in [1.165, 1.54) is 11.3 Å². The lowest BCUT2D eigenvalue weighted by atomic mass is 9.71. The topological polar surface area (TPSA) is 67.9 Å². The molecule has 146 valence electrons. The van der Waals surface area contributed by atoms with Crippen LogP contribution in [-0.2, 0) is 16.9 Å². The number of guanidine groups is 1. The van der Waals surface area contributed by atoms with Crippen molar-refractivity contribution in [2.24, 2.45) is 16.6 Å². The van der Waals surface area contributed by atoms with Crippen molar-refractivity contribution in [1.29, 1.82) is 0 Å². The second-order valence-corrected chi connectivity index (χ2v) is 7.74. The lowest BCUT2D eigenvalue weighted by molar-refractivity contribution is -0.133. The number of nitrogens with two attached hydrogens (primary N) is 1. The minimum Gasteiger partial charge on any atom is -0.489 e. The number of likely N-dealkylation sites (N-methyl/N-ethyl adjacent to an activating group) is 1. The SMILES string of the molecule is CN1C(=O)C(c2cccc(OCc3ccccc3)c2)(C2CCCCC2)N=C1N. The molecular formula is C23H27N3O2. The van der Waals surface area contributed by atoms with Gasteiger partial charge in [0.2, 0.25) is 0 Å². The number of amides is 1. The number of carbonyl (C=O) groups excluding carboxylic acids is 1. The number of carbonyl (C=O) groups is 1. The van der Waals surface area contributed by atoms with Gasteiger partial charge in [-0.15, -0.1) is 0 Å². The fraction of sp³-hybridized carbons (Fsp3) is 0.391. The van der Waals surface area contributed by atoms with E-state index >= 15 is 0 Å². The Bertz CT molecular complexity index is 874. The van der Waals surface area contributed by atoms with Crippen LogP contribution in [0.1, 0.15) is 43.2 Å². The second kappa shape index (κ2) is 7.66. The van der Waals surface area contributed by atoms with Gasteiger partial charge in [0.15, 0.2) is 11.5 Å². The first kappa shape index (κ1) is 18.5. The fourth-order valence-electron chi connectivity index (χ4n) is 4.44. The average Bonchev–Trinajstić information content (AvgIpc) is 2.99. The molecular weight excluding hydrogens is 350 g/mol. The maximum atomic E-state index is 13.3. The molecule has 0 aromatic heterocycles. The van der Waals surface area contributed by atoms with Crippen LogP contribution in [0.5, 0.6) is 5.75 Å². The van der Waals surface area contributed by atoms with Gasteiger partial charge in [-0.25, -0.2) is 4.99 Å². The summed E-state index contributed by atoms with van der Waals surface area (Å²) in [5.41, 5.74) is 7.14. The maximum Gasteiger partial charge on any atom is 0.261 e. The van der Waals surface area contributed by atoms with E-state index in [0.29, 0.717) is 12.6 Å². The summed E-state index contributed by atoms with van der Waals surface area (Å²) in [6.45, 7) is 0.486. The van der Waals surface area contributed by atoms with Crippen LogP contribution in [0.15, 0.2) is 59.6 Å². The number of aliphatic imine (C=N–C) groups is 1. The predicted molar refractivity (Wildman–Crippen MR) is 110 cm³/mol. The predicted octanol–water partition coefficient (Wildman–Crippen LogP) is 3.83. The van der Waals surface area contributed by atoms with Gasteiger partial charge in [0.1, 0.15) is 12.4 Å². The minimum absolute atomic E-state index is 0.0305. The summed E-state index contributed by atoms with van der Waals surface area (Å²) in [6, 6.07) is 17.9. The molecule has 2 N–H and O–H groups in total. The van der Waals surface area contributed by atoms with Crippen LogP contribution in [-0.4, -0.2) is 23.8 Å². The number of ether oxygens (including phenoxy) is 1. The number of benzene rings is 2. The second-order valence-electron chi connectivity index (χ2n) is 7.74. The third-order valence-electron chi connectivity index (χ3n) is 5.98. The lowest BCUT2D eigenvalue weighted by Crippen LogP contribution is -2.45. The van der Waals surface area contributed by atoms with E-state index in [4.69, 9.17) is 15.5 Å². The van der Waals surface area contributed by atoms with Crippen LogP contribution >= 0.6 is 0 Å². The standard InChI is InChI=1S/C23H27N3O2/c1-26-21(27)23(25-22(26)24,18-11-6-3-7-12-18)19-13-8-14-20(15-19)28-16-17-9-4-2-5-10-17/h2,4-5,8-10,13-15,18H,3,6-7,11-12,16H2,1H3,(H2,24,25). The summed E-state index contributed by atoms with van der Waals surface area (Å²) in [6.07, 6.45) is 5.46. The number of nitrogens with zero attached hydrogens (tertiary/aromatic N) is 2. The van der Waals surface area contributed by atoms with Gasteiger partial charge < -0.3 is 10.5 Å². The van der Waals surface area contributed by atoms with E-state index < -0.39 is 5.54 Å². The Kier molecular flexibility index (Phi) is 5.07. The van der Waals surface area contributed by atoms with Crippen molar-refractivity contribution in [2.75, 3.05) is 7.05 Å². The summed E-state index contributed by atoms with van der Waals surface area (Å²) >= 11 is 0. The summed E-state index contributed by atoms with van der Waals surface area (Å²) < 4.78 is 6.01. The summed E-state index contributed by atoms with van der Waals surface area (Å²) in [4.78, 5) is 19.6. The van der Waals surface area contributed by atoms with E-state index in [2.05, 4.69) is 0 Å². The first-order chi connectivity index (χ1) is 13.6. The van der Waals surface area contributed by atoms with E-state index in [1.807, 2.05) is 54.6 Å². The Labute approximate surface area is 166 Å². The third kappa shape index (κ3) is 3.26. The Morgan fingerprint density at radius 3 is 2.54 bits per heavy atom. The van der Waals surface area contributed by atoms with Gasteiger partial charge in [-0.3, -0.25) is 9.69 Å². The van der Waals surface area contributed by atoms with Crippen molar-refractivity contribution in [3.8, 4) is 5.75 Å². The molecule has 1 saturated carbocycles. The lowest BCUT2D eigenvalue weighted by Gasteiger charge is -2.36. The van der Waals surface area contributed by atoms with E-state index in [9.17, 15) is 4.79 Å². The molecule has 0 bridgehead atoms. The normalized spacial score (nSPS) is 23.0. The quantitative estimate of drug-likeness (QED) is 0.861. The smallest absolute Gasteiger partial charge is 0.261 e. The van der Waals surface area contributed by atoms with Gasteiger partial charge in [0, 0.05) is 7.05 Å². The Morgan fingerprint density at radius 2 is 1.86 bits per heavy atom. The number of hydrogen-bond acceptors (Lipinski definition) is 4. The van der Waals surface area contributed by atoms with Crippen LogP contribution in [0.4, 0.5) is 0 Å². The van der Waals surface area contributed by atoms with Crippen molar-refractivity contribution in [1.82, 2.24) is 4.90 Å². The van der Waals surface area contributed by atoms with Crippen molar-refractivity contribution in [2.45, 2.75) is 44.2 Å². The van der Waals surface area contributed by atoms with Crippen LogP contribution in [0.25, 0.3) is 0 Å². The summed E-state index contributed by atoms with van der Waals surface area (Å²) in [5.74, 6) is 1.18. The van der Waals surface area contributed by atoms with E-state index in [-0.39, 0.29) is 11.8 Å². The molecule has 1 amide bonds. The maximum absolute atomic E-state index is 13.3. The molecule has 2 aromatic carbocycles. The molecule has 1 heterocycles. The molecule has 5 nitrogen and oxygen atoms in total. The molecule has 2 aromatic rings. The molecule has 1 aliphatic heterocycles. The average molecular weight is 377 g/mol. The third-order valence-corrected chi connectivity index (χ3v) is 5.98. The molecule has 0 saturated heterocycles. The number of rotatable bonds is 5. The van der Waals surface area contributed by atoms with Crippen molar-refractivity contribution in [3.63, 3.8) is 0 Å². The van der Waals surface area contributed by atoms with Gasteiger partial charge in [-0.1, -0.05) is 61.7 Å². The van der Waals surface area contributed by atoms with E-state index in [0.717, 1.165) is 42.6 Å². The van der Waals surface area contributed by atoms with Crippen molar-refractivity contribution >= 4 is 11.9 Å². The fourth-order valence-corrected chi connectivity index (χ4v) is 4.44. The molecule has 5 heteroatoms. The van der Waals surface area contributed by atoms with Crippen molar-refractivity contribution < 1.29 is 9.53 Å². The zero-order valence-corrected chi connectivity index (χ0v) is 16.3. The zero-order valence-electron chi connectivity index (χ0n) is 16.3. The van der Waals surface area contributed by atoms with Gasteiger partial charge >= 0.3 is 0 Å². The molecule has 0 spiro atoms. The van der Waals surface area contributed by atoms with Crippen LogP contribution < -0.4 is 10.5 Å². The molecule has 4 rings (SSSR count). The van der Waals surface area contributed by atoms with Crippen molar-refractivity contribution in [3.05, 3.63) is 65.7 Å². The first-order valence-electron chi connectivity index (χ1n) is 10.0. The highest BCUT2D eigenvalue weighted by Crippen LogP contribution is 2.46.